The molecule has 6 heteroatoms. The minimum Gasteiger partial charge on any atom is -0.465 e. The number of esters is 1. The molecule has 1 unspecified atom stereocenters. The van der Waals surface area contributed by atoms with Gasteiger partial charge in [-0.15, -0.1) is 11.3 Å². The van der Waals surface area contributed by atoms with Crippen LogP contribution in [0, 0.1) is 0 Å². The van der Waals surface area contributed by atoms with Gasteiger partial charge in [-0.25, -0.2) is 4.98 Å². The van der Waals surface area contributed by atoms with Crippen LogP contribution in [0.4, 0.5) is 5.13 Å². The number of carbonyl (C=O) groups is 1. The lowest BCUT2D eigenvalue weighted by Gasteiger charge is -2.19. The predicted molar refractivity (Wildman–Crippen MR) is 86.1 cm³/mol. The smallest absolute Gasteiger partial charge is 0.315 e. The van der Waals surface area contributed by atoms with E-state index in [9.17, 15) is 4.79 Å². The van der Waals surface area contributed by atoms with Gasteiger partial charge in [0.1, 0.15) is 5.92 Å². The molecule has 0 amide bonds. The van der Waals surface area contributed by atoms with Crippen LogP contribution in [0.25, 0.3) is 0 Å². The molecule has 5 nitrogen and oxygen atoms in total. The fourth-order valence-corrected chi connectivity index (χ4v) is 3.65. The highest BCUT2D eigenvalue weighted by Gasteiger charge is 2.31. The third-order valence-corrected chi connectivity index (χ3v) is 4.67. The lowest BCUT2D eigenvalue weighted by molar-refractivity contribution is -0.145. The normalized spacial score (nSPS) is 17.6. The molecule has 0 bridgehead atoms. The third kappa shape index (κ3) is 4.41. The Morgan fingerprint density at radius 2 is 2.33 bits per heavy atom. The molecule has 1 aliphatic carbocycles. The molecule has 1 N–H and O–H groups in total. The highest BCUT2D eigenvalue weighted by molar-refractivity contribution is 7.15. The van der Waals surface area contributed by atoms with E-state index in [-0.39, 0.29) is 11.9 Å². The molecule has 1 aromatic rings. The summed E-state index contributed by atoms with van der Waals surface area (Å²) in [6, 6.07) is 0. The topological polar surface area (TPSA) is 54.5 Å². The predicted octanol–water partition coefficient (Wildman–Crippen LogP) is 2.49. The van der Waals surface area contributed by atoms with Crippen molar-refractivity contribution in [1.29, 1.82) is 0 Å². The Bertz CT molecular complexity index is 473. The lowest BCUT2D eigenvalue weighted by Crippen LogP contribution is -2.20. The summed E-state index contributed by atoms with van der Waals surface area (Å²) in [5, 5.41) is 4.32. The van der Waals surface area contributed by atoms with Crippen LogP contribution in [0.2, 0.25) is 0 Å². The van der Waals surface area contributed by atoms with Gasteiger partial charge in [-0.05, 0) is 53.2 Å². The molecule has 1 heterocycles. The van der Waals surface area contributed by atoms with Crippen LogP contribution in [-0.4, -0.2) is 49.6 Å². The zero-order valence-corrected chi connectivity index (χ0v) is 14.0. The highest BCUT2D eigenvalue weighted by Crippen LogP contribution is 2.37. The molecular formula is C15H25N3O2S. The number of thiazole rings is 1. The van der Waals surface area contributed by atoms with Gasteiger partial charge in [0.05, 0.1) is 12.3 Å². The minimum absolute atomic E-state index is 0.122. The quantitative estimate of drug-likeness (QED) is 0.619. The molecule has 1 aromatic heterocycles. The van der Waals surface area contributed by atoms with Crippen molar-refractivity contribution < 1.29 is 9.53 Å². The maximum absolute atomic E-state index is 12.0. The standard InChI is InChI=1S/C15H25N3O2S/c1-4-20-14(19)11-7-5-8-12-13(11)17-15(21-12)16-9-6-10-18(2)3/h11H,4-10H2,1-3H3,(H,16,17). The molecule has 118 valence electrons. The van der Waals surface area contributed by atoms with E-state index in [0.717, 1.165) is 49.6 Å². The number of hydrogen-bond acceptors (Lipinski definition) is 6. The summed E-state index contributed by atoms with van der Waals surface area (Å²) in [6.45, 7) is 4.25. The summed E-state index contributed by atoms with van der Waals surface area (Å²) in [7, 11) is 4.15. The zero-order valence-electron chi connectivity index (χ0n) is 13.1. The van der Waals surface area contributed by atoms with Crippen LogP contribution in [0.5, 0.6) is 0 Å². The first-order valence-electron chi connectivity index (χ1n) is 7.66. The third-order valence-electron chi connectivity index (χ3n) is 3.58. The fraction of sp³-hybridized carbons (Fsp3) is 0.733. The van der Waals surface area contributed by atoms with E-state index in [4.69, 9.17) is 4.74 Å². The van der Waals surface area contributed by atoms with E-state index >= 15 is 0 Å². The van der Waals surface area contributed by atoms with Gasteiger partial charge in [0.2, 0.25) is 0 Å². The van der Waals surface area contributed by atoms with E-state index in [0.29, 0.717) is 6.61 Å². The van der Waals surface area contributed by atoms with E-state index in [1.54, 1.807) is 11.3 Å². The number of nitrogens with one attached hydrogen (secondary N) is 1. The van der Waals surface area contributed by atoms with Gasteiger partial charge in [-0.3, -0.25) is 4.79 Å². The van der Waals surface area contributed by atoms with Gasteiger partial charge in [-0.1, -0.05) is 0 Å². The molecule has 0 radical (unpaired) electrons. The first kappa shape index (κ1) is 16.2. The van der Waals surface area contributed by atoms with E-state index < -0.39 is 0 Å². The number of ether oxygens (including phenoxy) is 1. The van der Waals surface area contributed by atoms with Gasteiger partial charge in [0, 0.05) is 11.4 Å². The number of aromatic nitrogens is 1. The fourth-order valence-electron chi connectivity index (χ4n) is 2.56. The van der Waals surface area contributed by atoms with E-state index in [2.05, 4.69) is 29.3 Å². The summed E-state index contributed by atoms with van der Waals surface area (Å²) >= 11 is 1.69. The van der Waals surface area contributed by atoms with Crippen LogP contribution in [0.15, 0.2) is 0 Å². The molecule has 21 heavy (non-hydrogen) atoms. The Morgan fingerprint density at radius 1 is 1.52 bits per heavy atom. The number of nitrogens with zero attached hydrogens (tertiary/aromatic N) is 2. The molecular weight excluding hydrogens is 286 g/mol. The molecule has 0 saturated heterocycles. The van der Waals surface area contributed by atoms with Crippen LogP contribution in [0.1, 0.15) is 42.7 Å². The van der Waals surface area contributed by atoms with Crippen LogP contribution < -0.4 is 5.32 Å². The molecule has 0 spiro atoms. The van der Waals surface area contributed by atoms with Gasteiger partial charge < -0.3 is 15.0 Å². The van der Waals surface area contributed by atoms with Crippen LogP contribution in [0.3, 0.4) is 0 Å². The van der Waals surface area contributed by atoms with Gasteiger partial charge in [0.15, 0.2) is 5.13 Å². The number of rotatable bonds is 7. The Hall–Kier alpha value is -1.14. The first-order chi connectivity index (χ1) is 10.1. The van der Waals surface area contributed by atoms with E-state index in [1.807, 2.05) is 6.92 Å². The van der Waals surface area contributed by atoms with Crippen molar-refractivity contribution in [1.82, 2.24) is 9.88 Å². The number of fused-ring (bicyclic) bond motifs is 1. The van der Waals surface area contributed by atoms with Crippen LogP contribution >= 0.6 is 11.3 Å². The molecule has 0 aliphatic heterocycles. The van der Waals surface area contributed by atoms with Crippen LogP contribution in [-0.2, 0) is 16.0 Å². The first-order valence-corrected chi connectivity index (χ1v) is 8.48. The van der Waals surface area contributed by atoms with E-state index in [1.165, 1.54) is 4.88 Å². The number of aryl methyl sites for hydroxylation is 1. The molecule has 1 atom stereocenters. The van der Waals surface area contributed by atoms with Crippen molar-refractivity contribution in [2.45, 2.75) is 38.5 Å². The second kappa shape index (κ2) is 7.75. The average Bonchev–Trinajstić information content (AvgIpc) is 2.86. The Morgan fingerprint density at radius 3 is 3.05 bits per heavy atom. The van der Waals surface area contributed by atoms with Crippen molar-refractivity contribution in [2.24, 2.45) is 0 Å². The van der Waals surface area contributed by atoms with Crippen molar-refractivity contribution in [3.8, 4) is 0 Å². The second-order valence-electron chi connectivity index (χ2n) is 5.61. The Kier molecular flexibility index (Phi) is 5.99. The van der Waals surface area contributed by atoms with Gasteiger partial charge >= 0.3 is 5.97 Å². The zero-order chi connectivity index (χ0) is 15.2. The molecule has 0 saturated carbocycles. The summed E-state index contributed by atoms with van der Waals surface area (Å²) < 4.78 is 5.17. The maximum atomic E-state index is 12.0. The molecule has 0 aromatic carbocycles. The van der Waals surface area contributed by atoms with Crippen molar-refractivity contribution >= 4 is 22.4 Å². The van der Waals surface area contributed by atoms with Gasteiger partial charge in [0.25, 0.3) is 0 Å². The average molecular weight is 311 g/mol. The largest absolute Gasteiger partial charge is 0.465 e. The number of hydrogen-bond donors (Lipinski definition) is 1. The molecule has 1 aliphatic rings. The Balaban J connectivity index is 1.96. The summed E-state index contributed by atoms with van der Waals surface area (Å²) in [4.78, 5) is 20.1. The summed E-state index contributed by atoms with van der Waals surface area (Å²) in [6.07, 6.45) is 4.01. The summed E-state index contributed by atoms with van der Waals surface area (Å²) in [5.41, 5.74) is 0.944. The second-order valence-corrected chi connectivity index (χ2v) is 6.69. The number of anilines is 1. The number of carbonyl (C=O) groups excluding carboxylic acids is 1. The summed E-state index contributed by atoms with van der Waals surface area (Å²) in [5.74, 6) is -0.287. The maximum Gasteiger partial charge on any atom is 0.315 e. The van der Waals surface area contributed by atoms with Crippen molar-refractivity contribution in [3.63, 3.8) is 0 Å². The molecule has 2 rings (SSSR count). The Labute approximate surface area is 130 Å². The minimum atomic E-state index is -0.165. The monoisotopic (exact) mass is 311 g/mol. The lowest BCUT2D eigenvalue weighted by atomic mass is 9.91. The SMILES string of the molecule is CCOC(=O)C1CCCc2sc(NCCCN(C)C)nc21. The van der Waals surface area contributed by atoms with Gasteiger partial charge in [-0.2, -0.15) is 0 Å². The van der Waals surface area contributed by atoms with Crippen molar-refractivity contribution in [2.75, 3.05) is 39.1 Å². The van der Waals surface area contributed by atoms with Crippen molar-refractivity contribution in [3.05, 3.63) is 10.6 Å². The highest BCUT2D eigenvalue weighted by atomic mass is 32.1. The molecule has 0 fully saturated rings.